The van der Waals surface area contributed by atoms with E-state index in [0.29, 0.717) is 11.4 Å². The first-order chi connectivity index (χ1) is 16.5. The Bertz CT molecular complexity index is 1020. The standard InChI is InChI=1S/C27H34N4O2S/c1-3-21-9-11-22(12-10-21)19-25-27(33)31(23-7-4-5-8-24(23)34-25)20-26(32)28-13-6-14-30-17-15-29(2)16-18-30/h4-5,7-12,19,24H,3,6,13-18,20H2,1-2H3/p+1/b25-19+. The fourth-order valence-corrected chi connectivity index (χ4v) is 5.54. The van der Waals surface area contributed by atoms with Gasteiger partial charge in [-0.05, 0) is 43.6 Å². The molecule has 2 aliphatic heterocycles. The van der Waals surface area contributed by atoms with Crippen molar-refractivity contribution < 1.29 is 14.2 Å². The van der Waals surface area contributed by atoms with Crippen LogP contribution < -0.4 is 5.32 Å². The number of likely N-dealkylation sites (N-methyl/N-ethyl adjacent to an activating group) is 1. The van der Waals surface area contributed by atoms with Gasteiger partial charge in [0.2, 0.25) is 12.3 Å². The summed E-state index contributed by atoms with van der Waals surface area (Å²) < 4.78 is 1.64. The Morgan fingerprint density at radius 1 is 1.18 bits per heavy atom. The van der Waals surface area contributed by atoms with Gasteiger partial charge in [0, 0.05) is 38.8 Å². The van der Waals surface area contributed by atoms with Crippen LogP contribution in [0.1, 0.15) is 24.5 Å². The number of carbonyl (C=O) groups is 2. The number of hydrogen-bond acceptors (Lipinski definition) is 5. The van der Waals surface area contributed by atoms with Crippen LogP contribution in [0.3, 0.4) is 0 Å². The number of aryl methyl sites for hydroxylation is 1. The Labute approximate surface area is 207 Å². The van der Waals surface area contributed by atoms with Crippen molar-refractivity contribution in [2.24, 2.45) is 0 Å². The van der Waals surface area contributed by atoms with E-state index in [2.05, 4.69) is 47.3 Å². The van der Waals surface area contributed by atoms with Crippen molar-refractivity contribution in [3.63, 3.8) is 0 Å². The Balaban J connectivity index is 1.38. The molecular formula is C27H35N4O2S+. The van der Waals surface area contributed by atoms with Gasteiger partial charge in [-0.15, -0.1) is 4.58 Å². The number of fused-ring (bicyclic) bond motifs is 1. The van der Waals surface area contributed by atoms with Gasteiger partial charge < -0.3 is 15.1 Å². The van der Waals surface area contributed by atoms with Crippen molar-refractivity contribution in [1.82, 2.24) is 15.1 Å². The summed E-state index contributed by atoms with van der Waals surface area (Å²) in [7, 11) is 2.15. The molecular weight excluding hydrogens is 444 g/mol. The maximum atomic E-state index is 13.4. The first kappa shape index (κ1) is 24.6. The van der Waals surface area contributed by atoms with Gasteiger partial charge in [-0.25, -0.2) is 4.79 Å². The molecule has 1 aliphatic carbocycles. The number of thioether (sulfide) groups is 1. The van der Waals surface area contributed by atoms with Crippen LogP contribution in [0.4, 0.5) is 0 Å². The van der Waals surface area contributed by atoms with Gasteiger partial charge in [0.05, 0.1) is 0 Å². The molecule has 34 heavy (non-hydrogen) atoms. The van der Waals surface area contributed by atoms with E-state index in [1.165, 1.54) is 5.56 Å². The van der Waals surface area contributed by atoms with Gasteiger partial charge in [0.1, 0.15) is 10.2 Å². The molecule has 6 nitrogen and oxygen atoms in total. The van der Waals surface area contributed by atoms with Crippen molar-refractivity contribution in [2.45, 2.75) is 25.0 Å². The van der Waals surface area contributed by atoms with Crippen LogP contribution in [0.2, 0.25) is 0 Å². The van der Waals surface area contributed by atoms with Crippen molar-refractivity contribution >= 4 is 35.4 Å². The summed E-state index contributed by atoms with van der Waals surface area (Å²) in [5.74, 6) is -0.220. The minimum atomic E-state index is -0.112. The average Bonchev–Trinajstić information content (AvgIpc) is 2.86. The Kier molecular flexibility index (Phi) is 8.53. The lowest BCUT2D eigenvalue weighted by Gasteiger charge is -2.32. The summed E-state index contributed by atoms with van der Waals surface area (Å²) in [6.07, 6.45) is 11.8. The van der Waals surface area contributed by atoms with Crippen LogP contribution in [-0.4, -0.2) is 90.0 Å². The van der Waals surface area contributed by atoms with Crippen molar-refractivity contribution in [2.75, 3.05) is 52.9 Å². The lowest BCUT2D eigenvalue weighted by atomic mass is 10.1. The molecule has 1 saturated heterocycles. The summed E-state index contributed by atoms with van der Waals surface area (Å²) in [6, 6.07) is 8.29. The van der Waals surface area contributed by atoms with Crippen molar-refractivity contribution in [3.05, 3.63) is 64.6 Å². The molecule has 0 saturated carbocycles. The van der Waals surface area contributed by atoms with E-state index >= 15 is 0 Å². The molecule has 1 aromatic carbocycles. The van der Waals surface area contributed by atoms with E-state index in [0.717, 1.165) is 56.8 Å². The zero-order valence-corrected chi connectivity index (χ0v) is 21.0. The number of piperazine rings is 1. The Morgan fingerprint density at radius 2 is 1.94 bits per heavy atom. The molecule has 1 atom stereocenters. The number of hydrogen-bond donors (Lipinski definition) is 1. The molecule has 1 unspecified atom stereocenters. The number of benzene rings is 1. The molecule has 0 bridgehead atoms. The fourth-order valence-electron chi connectivity index (χ4n) is 4.35. The summed E-state index contributed by atoms with van der Waals surface area (Å²) in [5, 5.41) is 3.06. The van der Waals surface area contributed by atoms with Gasteiger partial charge >= 0.3 is 5.91 Å². The third-order valence-corrected chi connectivity index (χ3v) is 7.73. The van der Waals surface area contributed by atoms with Crippen LogP contribution in [-0.2, 0) is 16.0 Å². The Hall–Kier alpha value is -2.48. The van der Waals surface area contributed by atoms with Gasteiger partial charge in [-0.3, -0.25) is 4.79 Å². The Morgan fingerprint density at radius 3 is 2.68 bits per heavy atom. The first-order valence-electron chi connectivity index (χ1n) is 12.2. The molecule has 3 aliphatic rings. The van der Waals surface area contributed by atoms with Crippen LogP contribution in [0.25, 0.3) is 6.08 Å². The minimum Gasteiger partial charge on any atom is -0.351 e. The summed E-state index contributed by atoms with van der Waals surface area (Å²) in [4.78, 5) is 31.6. The lowest BCUT2D eigenvalue weighted by Crippen LogP contribution is -2.45. The number of nitrogens with zero attached hydrogens (tertiary/aromatic N) is 3. The summed E-state index contributed by atoms with van der Waals surface area (Å²) in [6.45, 7) is 8.16. The van der Waals surface area contributed by atoms with Crippen LogP contribution >= 0.6 is 11.8 Å². The molecule has 180 valence electrons. The minimum absolute atomic E-state index is 0.0360. The second-order valence-electron chi connectivity index (χ2n) is 9.05. The van der Waals surface area contributed by atoms with Gasteiger partial charge in [-0.1, -0.05) is 61.2 Å². The predicted molar refractivity (Wildman–Crippen MR) is 140 cm³/mol. The van der Waals surface area contributed by atoms with Crippen LogP contribution in [0.15, 0.2) is 53.5 Å². The molecule has 0 radical (unpaired) electrons. The second kappa shape index (κ2) is 11.8. The van der Waals surface area contributed by atoms with E-state index in [4.69, 9.17) is 0 Å². The molecule has 4 rings (SSSR count). The highest BCUT2D eigenvalue weighted by Gasteiger charge is 2.39. The number of nitrogens with one attached hydrogen (secondary N) is 1. The number of allylic oxidation sites excluding steroid dienone is 3. The molecule has 2 heterocycles. The molecule has 7 heteroatoms. The first-order valence-corrected chi connectivity index (χ1v) is 13.1. The predicted octanol–water partition coefficient (Wildman–Crippen LogP) is 2.57. The largest absolute Gasteiger partial charge is 0.426 e. The quantitative estimate of drug-likeness (QED) is 0.353. The highest BCUT2D eigenvalue weighted by molar-refractivity contribution is 8.05. The van der Waals surface area contributed by atoms with Crippen LogP contribution in [0, 0.1) is 0 Å². The lowest BCUT2D eigenvalue weighted by molar-refractivity contribution is -0.434. The number of amides is 2. The number of rotatable bonds is 8. The highest BCUT2D eigenvalue weighted by Crippen LogP contribution is 2.32. The van der Waals surface area contributed by atoms with Crippen molar-refractivity contribution in [3.8, 4) is 0 Å². The zero-order valence-electron chi connectivity index (χ0n) is 20.2. The molecule has 1 aromatic rings. The maximum Gasteiger partial charge on any atom is 0.426 e. The zero-order chi connectivity index (χ0) is 23.9. The SMILES string of the molecule is CCc1ccc(/C=C2/SC3C=CC=CC3=[N+](CC(=O)NCCCN3CCN(C)CC3)C2=O)cc1. The maximum absolute atomic E-state index is 13.4. The molecule has 1 N–H and O–H groups in total. The van der Waals surface area contributed by atoms with E-state index in [1.54, 1.807) is 16.3 Å². The van der Waals surface area contributed by atoms with E-state index in [9.17, 15) is 9.59 Å². The van der Waals surface area contributed by atoms with Gasteiger partial charge in [0.15, 0.2) is 0 Å². The normalized spacial score (nSPS) is 22.4. The van der Waals surface area contributed by atoms with E-state index in [-0.39, 0.29) is 23.6 Å². The topological polar surface area (TPSA) is 55.7 Å². The third-order valence-electron chi connectivity index (χ3n) is 6.53. The molecule has 0 spiro atoms. The third kappa shape index (κ3) is 6.34. The van der Waals surface area contributed by atoms with Gasteiger partial charge in [-0.2, -0.15) is 0 Å². The average molecular weight is 480 g/mol. The van der Waals surface area contributed by atoms with Crippen molar-refractivity contribution in [1.29, 1.82) is 0 Å². The molecule has 1 fully saturated rings. The van der Waals surface area contributed by atoms with Gasteiger partial charge in [0.25, 0.3) is 5.91 Å². The van der Waals surface area contributed by atoms with E-state index < -0.39 is 0 Å². The highest BCUT2D eigenvalue weighted by atomic mass is 32.2. The monoisotopic (exact) mass is 479 g/mol. The number of carbonyl (C=O) groups excluding carboxylic acids is 2. The fraction of sp³-hybridized carbons (Fsp3) is 0.444. The molecule has 2 amide bonds. The summed E-state index contributed by atoms with van der Waals surface area (Å²) in [5.41, 5.74) is 3.15. The summed E-state index contributed by atoms with van der Waals surface area (Å²) >= 11 is 1.55. The van der Waals surface area contributed by atoms with E-state index in [1.807, 2.05) is 36.4 Å². The second-order valence-corrected chi connectivity index (χ2v) is 10.2. The smallest absolute Gasteiger partial charge is 0.351 e. The molecule has 0 aromatic heterocycles. The van der Waals surface area contributed by atoms with Crippen LogP contribution in [0.5, 0.6) is 0 Å².